The number of aromatic carboxylic acids is 1. The molecule has 0 amide bonds. The molecule has 0 aliphatic rings. The molecule has 0 aliphatic heterocycles. The second-order valence-electron chi connectivity index (χ2n) is 4.22. The minimum atomic E-state index is -1.18. The number of aryl methyl sites for hydroxylation is 1. The van der Waals surface area contributed by atoms with E-state index >= 15 is 0 Å². The van der Waals surface area contributed by atoms with Crippen LogP contribution in [0.1, 0.15) is 15.9 Å². The van der Waals surface area contributed by atoms with Gasteiger partial charge in [-0.05, 0) is 36.8 Å². The van der Waals surface area contributed by atoms with Crippen molar-refractivity contribution >= 4 is 34.9 Å². The summed E-state index contributed by atoms with van der Waals surface area (Å²) in [6.07, 6.45) is 0. The first kappa shape index (κ1) is 14.5. The summed E-state index contributed by atoms with van der Waals surface area (Å²) in [6, 6.07) is 7.89. The standard InChI is InChI=1S/C14H11Cl2NO3/c1-7-2-3-10(15)12(4-7)20-13-9(14(18)19)5-8(17)6-11(13)16/h2-6H,17H2,1H3,(H,18,19). The molecule has 0 atom stereocenters. The average Bonchev–Trinajstić information content (AvgIpc) is 2.36. The van der Waals surface area contributed by atoms with Crippen LogP contribution in [0.5, 0.6) is 11.5 Å². The molecule has 2 aromatic rings. The number of hydrogen-bond acceptors (Lipinski definition) is 3. The number of benzene rings is 2. The predicted octanol–water partition coefficient (Wildman–Crippen LogP) is 4.37. The van der Waals surface area contributed by atoms with Gasteiger partial charge in [0, 0.05) is 5.69 Å². The molecule has 4 nitrogen and oxygen atoms in total. The van der Waals surface area contributed by atoms with Crippen LogP contribution in [0.25, 0.3) is 0 Å². The fourth-order valence-electron chi connectivity index (χ4n) is 1.68. The van der Waals surface area contributed by atoms with Gasteiger partial charge in [-0.1, -0.05) is 29.3 Å². The number of carboxylic acids is 1. The lowest BCUT2D eigenvalue weighted by atomic mass is 10.1. The zero-order chi connectivity index (χ0) is 14.9. The third kappa shape index (κ3) is 2.98. The third-order valence-electron chi connectivity index (χ3n) is 2.60. The summed E-state index contributed by atoms with van der Waals surface area (Å²) in [7, 11) is 0. The number of halogens is 2. The van der Waals surface area contributed by atoms with E-state index in [1.54, 1.807) is 12.1 Å². The van der Waals surface area contributed by atoms with E-state index in [9.17, 15) is 9.90 Å². The van der Waals surface area contributed by atoms with Crippen LogP contribution >= 0.6 is 23.2 Å². The number of hydrogen-bond donors (Lipinski definition) is 2. The van der Waals surface area contributed by atoms with Gasteiger partial charge in [0.05, 0.1) is 10.0 Å². The lowest BCUT2D eigenvalue weighted by molar-refractivity contribution is 0.0694. The number of nitrogens with two attached hydrogens (primary N) is 1. The first-order chi connectivity index (χ1) is 9.38. The van der Waals surface area contributed by atoms with E-state index < -0.39 is 5.97 Å². The number of carbonyl (C=O) groups is 1. The Bertz CT molecular complexity index is 686. The molecule has 0 heterocycles. The van der Waals surface area contributed by atoms with Gasteiger partial charge in [0.2, 0.25) is 0 Å². The largest absolute Gasteiger partial charge is 0.478 e. The van der Waals surface area contributed by atoms with Crippen LogP contribution in [-0.4, -0.2) is 11.1 Å². The van der Waals surface area contributed by atoms with Crippen molar-refractivity contribution in [3.8, 4) is 11.5 Å². The predicted molar refractivity (Wildman–Crippen MR) is 79.1 cm³/mol. The van der Waals surface area contributed by atoms with Crippen molar-refractivity contribution in [1.82, 2.24) is 0 Å². The highest BCUT2D eigenvalue weighted by Gasteiger charge is 2.18. The molecule has 0 aliphatic carbocycles. The molecule has 2 aromatic carbocycles. The van der Waals surface area contributed by atoms with Gasteiger partial charge in [-0.3, -0.25) is 0 Å². The molecule has 0 aromatic heterocycles. The number of carboxylic acid groups (broad SMARTS) is 1. The summed E-state index contributed by atoms with van der Waals surface area (Å²) in [5, 5.41) is 9.66. The first-order valence-electron chi connectivity index (χ1n) is 5.65. The zero-order valence-corrected chi connectivity index (χ0v) is 12.0. The normalized spacial score (nSPS) is 10.3. The molecular formula is C14H11Cl2NO3. The van der Waals surface area contributed by atoms with E-state index in [0.717, 1.165) is 5.56 Å². The Hall–Kier alpha value is -1.91. The van der Waals surface area contributed by atoms with Crippen LogP contribution in [0.4, 0.5) is 5.69 Å². The van der Waals surface area contributed by atoms with E-state index in [0.29, 0.717) is 10.8 Å². The molecule has 6 heteroatoms. The van der Waals surface area contributed by atoms with Crippen molar-refractivity contribution in [2.24, 2.45) is 0 Å². The van der Waals surface area contributed by atoms with Gasteiger partial charge in [0.25, 0.3) is 0 Å². The second-order valence-corrected chi connectivity index (χ2v) is 5.03. The lowest BCUT2D eigenvalue weighted by Gasteiger charge is -2.13. The number of rotatable bonds is 3. The highest BCUT2D eigenvalue weighted by atomic mass is 35.5. The molecule has 2 rings (SSSR count). The Labute approximate surface area is 125 Å². The summed E-state index contributed by atoms with van der Waals surface area (Å²) < 4.78 is 5.57. The number of nitrogen functional groups attached to an aromatic ring is 1. The molecular weight excluding hydrogens is 301 g/mol. The highest BCUT2D eigenvalue weighted by molar-refractivity contribution is 6.33. The van der Waals surface area contributed by atoms with Gasteiger partial charge in [-0.2, -0.15) is 0 Å². The van der Waals surface area contributed by atoms with E-state index in [4.69, 9.17) is 33.7 Å². The summed E-state index contributed by atoms with van der Waals surface area (Å²) in [4.78, 5) is 11.2. The van der Waals surface area contributed by atoms with E-state index in [-0.39, 0.29) is 22.0 Å². The van der Waals surface area contributed by atoms with Crippen molar-refractivity contribution in [1.29, 1.82) is 0 Å². The van der Waals surface area contributed by atoms with Gasteiger partial charge in [-0.25, -0.2) is 4.79 Å². The minimum Gasteiger partial charge on any atom is -0.478 e. The highest BCUT2D eigenvalue weighted by Crippen LogP contribution is 2.38. The molecule has 104 valence electrons. The summed E-state index contributed by atoms with van der Waals surface area (Å²) in [5.74, 6) is -0.834. The third-order valence-corrected chi connectivity index (χ3v) is 3.19. The van der Waals surface area contributed by atoms with Gasteiger partial charge in [0.15, 0.2) is 5.75 Å². The number of ether oxygens (including phenoxy) is 1. The lowest BCUT2D eigenvalue weighted by Crippen LogP contribution is -2.02. The molecule has 3 N–H and O–H groups in total. The smallest absolute Gasteiger partial charge is 0.339 e. The molecule has 0 fully saturated rings. The zero-order valence-electron chi connectivity index (χ0n) is 10.5. The molecule has 0 saturated carbocycles. The fraction of sp³-hybridized carbons (Fsp3) is 0.0714. The Balaban J connectivity index is 2.53. The molecule has 0 bridgehead atoms. The van der Waals surface area contributed by atoms with Crippen LogP contribution in [0.15, 0.2) is 30.3 Å². The van der Waals surface area contributed by atoms with Gasteiger partial charge in [0.1, 0.15) is 11.3 Å². The minimum absolute atomic E-state index is 0.0147. The fourth-order valence-corrected chi connectivity index (χ4v) is 2.10. The Kier molecular flexibility index (Phi) is 4.06. The van der Waals surface area contributed by atoms with Crippen LogP contribution in [0, 0.1) is 6.92 Å². The van der Waals surface area contributed by atoms with Crippen molar-refractivity contribution in [2.45, 2.75) is 6.92 Å². The van der Waals surface area contributed by atoms with Crippen LogP contribution < -0.4 is 10.5 Å². The Morgan fingerprint density at radius 2 is 1.90 bits per heavy atom. The topological polar surface area (TPSA) is 72.5 Å². The van der Waals surface area contributed by atoms with E-state index in [1.165, 1.54) is 12.1 Å². The van der Waals surface area contributed by atoms with Crippen LogP contribution in [-0.2, 0) is 0 Å². The van der Waals surface area contributed by atoms with Crippen molar-refractivity contribution in [2.75, 3.05) is 5.73 Å². The Morgan fingerprint density at radius 3 is 2.55 bits per heavy atom. The van der Waals surface area contributed by atoms with Crippen molar-refractivity contribution in [3.05, 3.63) is 51.5 Å². The molecule has 20 heavy (non-hydrogen) atoms. The quantitative estimate of drug-likeness (QED) is 0.825. The van der Waals surface area contributed by atoms with Crippen LogP contribution in [0.2, 0.25) is 10.0 Å². The summed E-state index contributed by atoms with van der Waals surface area (Å²) in [6.45, 7) is 1.87. The van der Waals surface area contributed by atoms with Gasteiger partial charge >= 0.3 is 5.97 Å². The number of anilines is 1. The SMILES string of the molecule is Cc1ccc(Cl)c(Oc2c(Cl)cc(N)cc2C(=O)O)c1. The molecule has 0 radical (unpaired) electrons. The molecule has 0 unspecified atom stereocenters. The first-order valence-corrected chi connectivity index (χ1v) is 6.40. The Morgan fingerprint density at radius 1 is 1.20 bits per heavy atom. The maximum Gasteiger partial charge on any atom is 0.339 e. The van der Waals surface area contributed by atoms with Crippen LogP contribution in [0.3, 0.4) is 0 Å². The average molecular weight is 312 g/mol. The second kappa shape index (κ2) is 5.61. The van der Waals surface area contributed by atoms with Gasteiger partial charge < -0.3 is 15.6 Å². The van der Waals surface area contributed by atoms with Gasteiger partial charge in [-0.15, -0.1) is 0 Å². The monoisotopic (exact) mass is 311 g/mol. The summed E-state index contributed by atoms with van der Waals surface area (Å²) >= 11 is 12.0. The maximum atomic E-state index is 11.2. The molecule has 0 saturated heterocycles. The van der Waals surface area contributed by atoms with Crippen molar-refractivity contribution < 1.29 is 14.6 Å². The maximum absolute atomic E-state index is 11.2. The van der Waals surface area contributed by atoms with E-state index in [2.05, 4.69) is 0 Å². The molecule has 0 spiro atoms. The van der Waals surface area contributed by atoms with E-state index in [1.807, 2.05) is 13.0 Å². The van der Waals surface area contributed by atoms with Crippen molar-refractivity contribution in [3.63, 3.8) is 0 Å². The summed E-state index contributed by atoms with van der Waals surface area (Å²) in [5.41, 5.74) is 6.64.